The molecule has 4 bridgehead atoms. The summed E-state index contributed by atoms with van der Waals surface area (Å²) >= 11 is 0. The predicted octanol–water partition coefficient (Wildman–Crippen LogP) is 8.00. The second-order valence-corrected chi connectivity index (χ2v) is 9.19. The van der Waals surface area contributed by atoms with Gasteiger partial charge in [0.05, 0.1) is 11.4 Å². The third-order valence-corrected chi connectivity index (χ3v) is 5.91. The first-order valence-electron chi connectivity index (χ1n) is 10.9. The third-order valence-electron chi connectivity index (χ3n) is 5.91. The molecule has 0 unspecified atom stereocenters. The van der Waals surface area contributed by atoms with Gasteiger partial charge in [0, 0.05) is 11.4 Å². The smallest absolute Gasteiger partial charge is 0.674 e. The number of fused-ring (bicyclic) bond motifs is 8. The van der Waals surface area contributed by atoms with E-state index in [1.807, 2.05) is 60.7 Å². The van der Waals surface area contributed by atoms with E-state index in [9.17, 15) is 0 Å². The van der Waals surface area contributed by atoms with Crippen LogP contribution in [0.1, 0.15) is 39.1 Å². The molecule has 0 saturated carbocycles. The topological polar surface area (TPSA) is 54.0 Å². The maximum Gasteiger partial charge on any atom is 2.00 e. The normalized spacial score (nSPS) is 15.4. The van der Waals surface area contributed by atoms with E-state index in [1.54, 1.807) is 0 Å². The molecule has 2 aromatic carbocycles. The van der Waals surface area contributed by atoms with E-state index < -0.39 is 11.1 Å². The van der Waals surface area contributed by atoms with Crippen molar-refractivity contribution < 1.29 is 21.1 Å². The van der Waals surface area contributed by atoms with Crippen molar-refractivity contribution in [1.82, 2.24) is 9.97 Å². The number of hydrogen-bond acceptors (Lipinski definition) is 2. The average Bonchev–Trinajstić information content (AvgIpc) is 2.79. The maximum absolute atomic E-state index is 5.15. The number of pyridine rings is 2. The van der Waals surface area contributed by atoms with Crippen molar-refractivity contribution in [2.75, 3.05) is 0 Å². The van der Waals surface area contributed by atoms with Crippen LogP contribution in [0.3, 0.4) is 0 Å². The summed E-state index contributed by atoms with van der Waals surface area (Å²) in [5.74, 6) is 0. The molecule has 0 atom stereocenters. The molecule has 2 aromatic heterocycles. The molecule has 168 valence electrons. The maximum atomic E-state index is 5.15. The summed E-state index contributed by atoms with van der Waals surface area (Å²) in [6.45, 7) is 8.41. The van der Waals surface area contributed by atoms with Crippen LogP contribution in [-0.2, 0) is 32.1 Å². The molecule has 0 saturated heterocycles. The Labute approximate surface area is 210 Å². The number of nitrogens with zero attached hydrogens (tertiary/aromatic N) is 4. The van der Waals surface area contributed by atoms with Crippen molar-refractivity contribution in [1.29, 1.82) is 0 Å². The van der Waals surface area contributed by atoms with Gasteiger partial charge in [0.1, 0.15) is 0 Å². The predicted molar refractivity (Wildman–Crippen MR) is 131 cm³/mol. The fourth-order valence-corrected chi connectivity index (χ4v) is 4.14. The van der Waals surface area contributed by atoms with Crippen LogP contribution >= 0.6 is 0 Å². The van der Waals surface area contributed by atoms with E-state index >= 15 is 0 Å². The molecule has 0 aliphatic carbocycles. The standard InChI is InChI=1S/C28H26N4.Pt/c1-27(2)25-17-9-15-21(29-25)20-12-6-8-14-24(20)32-28(3,4)26-18-10-16-22(30-26)19-11-5-7-13-23(19)31-27;/h5-18H,1-4H3;/q-2;+2. The van der Waals surface area contributed by atoms with Crippen LogP contribution in [0, 0.1) is 0 Å². The summed E-state index contributed by atoms with van der Waals surface area (Å²) in [5.41, 5.74) is 6.41. The van der Waals surface area contributed by atoms with Crippen molar-refractivity contribution in [3.63, 3.8) is 0 Å². The van der Waals surface area contributed by atoms with Crippen LogP contribution in [0.15, 0.2) is 84.9 Å². The van der Waals surface area contributed by atoms with Crippen molar-refractivity contribution in [2.45, 2.75) is 38.8 Å². The number of rotatable bonds is 0. The van der Waals surface area contributed by atoms with Crippen molar-refractivity contribution in [3.8, 4) is 22.5 Å². The Kier molecular flexibility index (Phi) is 6.16. The van der Waals surface area contributed by atoms with Crippen LogP contribution < -0.4 is 0 Å². The van der Waals surface area contributed by atoms with Gasteiger partial charge < -0.3 is 10.6 Å². The minimum absolute atomic E-state index is 0. The first kappa shape index (κ1) is 23.2. The molecule has 0 radical (unpaired) electrons. The summed E-state index contributed by atoms with van der Waals surface area (Å²) in [7, 11) is 0. The van der Waals surface area contributed by atoms with Gasteiger partial charge in [-0.2, -0.15) is 0 Å². The molecule has 3 heterocycles. The number of aromatic nitrogens is 2. The quantitative estimate of drug-likeness (QED) is 0.202. The molecule has 0 N–H and O–H groups in total. The van der Waals surface area contributed by atoms with Crippen LogP contribution in [0.2, 0.25) is 0 Å². The van der Waals surface area contributed by atoms with Crippen LogP contribution in [-0.4, -0.2) is 9.97 Å². The molecular formula is C28H26N4Pt. The van der Waals surface area contributed by atoms with E-state index in [0.717, 1.165) is 45.3 Å². The molecule has 1 aliphatic heterocycles. The fourth-order valence-electron chi connectivity index (χ4n) is 4.14. The van der Waals surface area contributed by atoms with Crippen molar-refractivity contribution in [2.24, 2.45) is 0 Å². The van der Waals surface area contributed by atoms with Gasteiger partial charge in [0.15, 0.2) is 0 Å². The van der Waals surface area contributed by atoms with Crippen LogP contribution in [0.4, 0.5) is 11.4 Å². The molecule has 0 spiro atoms. The molecule has 33 heavy (non-hydrogen) atoms. The Balaban J connectivity index is 0.00000259. The minimum atomic E-state index is -0.515. The Bertz CT molecular complexity index is 1200. The van der Waals surface area contributed by atoms with E-state index in [1.165, 1.54) is 0 Å². The van der Waals surface area contributed by atoms with Gasteiger partial charge in [-0.1, -0.05) is 99.4 Å². The summed E-state index contributed by atoms with van der Waals surface area (Å²) in [6.07, 6.45) is 0. The third kappa shape index (κ3) is 4.45. The zero-order valence-electron chi connectivity index (χ0n) is 19.2. The molecule has 5 heteroatoms. The molecular weight excluding hydrogens is 587 g/mol. The Morgan fingerprint density at radius 2 is 0.909 bits per heavy atom. The summed E-state index contributed by atoms with van der Waals surface area (Å²) in [6, 6.07) is 28.6. The largest absolute Gasteiger partial charge is 2.00 e. The van der Waals surface area contributed by atoms with Gasteiger partial charge in [-0.25, -0.2) is 0 Å². The van der Waals surface area contributed by atoms with Gasteiger partial charge >= 0.3 is 21.1 Å². The van der Waals surface area contributed by atoms with Gasteiger partial charge in [0.25, 0.3) is 0 Å². The molecule has 0 amide bonds. The van der Waals surface area contributed by atoms with Crippen molar-refractivity contribution >= 4 is 11.4 Å². The second-order valence-electron chi connectivity index (χ2n) is 9.19. The minimum Gasteiger partial charge on any atom is -0.674 e. The van der Waals surface area contributed by atoms with Crippen molar-refractivity contribution in [3.05, 3.63) is 107 Å². The monoisotopic (exact) mass is 613 g/mol. The zero-order valence-corrected chi connectivity index (χ0v) is 21.5. The first-order valence-corrected chi connectivity index (χ1v) is 10.9. The zero-order chi connectivity index (χ0) is 22.3. The number of hydrogen-bond donors (Lipinski definition) is 0. The SMILES string of the molecule is CC1(C)[N-]c2ccccc2-c2cccc(n2)C(C)(C)[N-]c2ccccc2-c2cccc1n2.[Pt+2]. The van der Waals surface area contributed by atoms with Crippen LogP contribution in [0.25, 0.3) is 33.1 Å². The Hall–Kier alpha value is -2.97. The molecule has 0 fully saturated rings. The summed E-state index contributed by atoms with van der Waals surface area (Å²) < 4.78 is 0. The van der Waals surface area contributed by atoms with Gasteiger partial charge in [-0.05, 0) is 35.4 Å². The second kappa shape index (κ2) is 8.76. The Morgan fingerprint density at radius 3 is 1.33 bits per heavy atom. The van der Waals surface area contributed by atoms with E-state index in [4.69, 9.17) is 20.6 Å². The molecule has 1 aliphatic rings. The number of benzene rings is 2. The van der Waals surface area contributed by atoms with Gasteiger partial charge in [-0.15, -0.1) is 11.4 Å². The van der Waals surface area contributed by atoms with E-state index in [0.29, 0.717) is 0 Å². The van der Waals surface area contributed by atoms with Gasteiger partial charge in [-0.3, -0.25) is 9.97 Å². The van der Waals surface area contributed by atoms with E-state index in [2.05, 4.69) is 52.0 Å². The molecule has 5 rings (SSSR count). The number of para-hydroxylation sites is 2. The Morgan fingerprint density at radius 1 is 0.515 bits per heavy atom. The molecule has 4 nitrogen and oxygen atoms in total. The molecule has 4 aromatic rings. The first-order chi connectivity index (χ1) is 15.3. The van der Waals surface area contributed by atoms with E-state index in [-0.39, 0.29) is 21.1 Å². The van der Waals surface area contributed by atoms with Crippen LogP contribution in [0.5, 0.6) is 0 Å². The fraction of sp³-hybridized carbons (Fsp3) is 0.214. The average molecular weight is 614 g/mol. The van der Waals surface area contributed by atoms with Gasteiger partial charge in [0.2, 0.25) is 0 Å². The summed E-state index contributed by atoms with van der Waals surface area (Å²) in [5, 5.41) is 10.3. The summed E-state index contributed by atoms with van der Waals surface area (Å²) in [4.78, 5) is 10.1.